The van der Waals surface area contributed by atoms with Gasteiger partial charge in [0.05, 0.1) is 11.8 Å². The van der Waals surface area contributed by atoms with E-state index in [9.17, 15) is 9.59 Å². The molecule has 6 nitrogen and oxygen atoms in total. The molecule has 3 aliphatic carbocycles. The molecule has 1 aliphatic heterocycles. The highest BCUT2D eigenvalue weighted by Gasteiger charge is 2.58. The maximum absolute atomic E-state index is 12.6. The van der Waals surface area contributed by atoms with Crippen LogP contribution in [0.3, 0.4) is 0 Å². The molecule has 0 radical (unpaired) electrons. The molecule has 2 bridgehead atoms. The number of likely N-dealkylation sites (tertiary alicyclic amines) is 1. The predicted octanol–water partition coefficient (Wildman–Crippen LogP) is 0.985. The van der Waals surface area contributed by atoms with Crippen molar-refractivity contribution in [3.63, 3.8) is 0 Å². The number of allylic oxidation sites excluding steroid dienone is 2. The van der Waals surface area contributed by atoms with Crippen molar-refractivity contribution < 1.29 is 9.59 Å². The minimum Gasteiger partial charge on any atom is -0.355 e. The Morgan fingerprint density at radius 1 is 1.21 bits per heavy atom. The second-order valence-corrected chi connectivity index (χ2v) is 7.29. The van der Waals surface area contributed by atoms with Crippen molar-refractivity contribution in [1.82, 2.24) is 15.5 Å². The Labute approximate surface area is 159 Å². The number of carbonyl (C=O) groups is 2. The highest BCUT2D eigenvalue weighted by atomic mass is 127. The summed E-state index contributed by atoms with van der Waals surface area (Å²) in [6.45, 7) is 3.17. The molecule has 7 heteroatoms. The largest absolute Gasteiger partial charge is 0.355 e. The zero-order chi connectivity index (χ0) is 16.1. The molecule has 0 aromatic carbocycles. The van der Waals surface area contributed by atoms with E-state index in [0.717, 1.165) is 12.4 Å². The van der Waals surface area contributed by atoms with Gasteiger partial charge in [-0.25, -0.2) is 0 Å². The number of carbonyl (C=O) groups excluding carboxylic acids is 2. The number of guanidine groups is 1. The normalized spacial score (nSPS) is 39.1. The van der Waals surface area contributed by atoms with Gasteiger partial charge in [0.15, 0.2) is 5.96 Å². The lowest BCUT2D eigenvalue weighted by atomic mass is 9.85. The highest BCUT2D eigenvalue weighted by Crippen LogP contribution is 2.52. The Morgan fingerprint density at radius 2 is 1.79 bits per heavy atom. The molecular weight excluding hydrogens is 419 g/mol. The van der Waals surface area contributed by atoms with E-state index in [4.69, 9.17) is 0 Å². The van der Waals surface area contributed by atoms with Crippen LogP contribution in [-0.4, -0.2) is 48.9 Å². The van der Waals surface area contributed by atoms with Crippen LogP contribution in [0.2, 0.25) is 0 Å². The summed E-state index contributed by atoms with van der Waals surface area (Å²) in [4.78, 5) is 30.8. The predicted molar refractivity (Wildman–Crippen MR) is 102 cm³/mol. The van der Waals surface area contributed by atoms with E-state index >= 15 is 0 Å². The smallest absolute Gasteiger partial charge is 0.233 e. The monoisotopic (exact) mass is 444 g/mol. The van der Waals surface area contributed by atoms with Gasteiger partial charge >= 0.3 is 0 Å². The third-order valence-electron chi connectivity index (χ3n) is 5.84. The molecule has 0 aromatic rings. The fourth-order valence-electron chi connectivity index (χ4n) is 4.36. The number of hydrogen-bond donors (Lipinski definition) is 2. The number of nitrogens with zero attached hydrogens (tertiary/aromatic N) is 2. The van der Waals surface area contributed by atoms with Gasteiger partial charge in [0.25, 0.3) is 0 Å². The van der Waals surface area contributed by atoms with E-state index in [1.165, 1.54) is 11.3 Å². The van der Waals surface area contributed by atoms with Crippen LogP contribution in [-0.2, 0) is 9.59 Å². The lowest BCUT2D eigenvalue weighted by molar-refractivity contribution is -0.140. The summed E-state index contributed by atoms with van der Waals surface area (Å²) in [5.74, 6) is 1.87. The summed E-state index contributed by atoms with van der Waals surface area (Å²) in [5.41, 5.74) is 0. The third-order valence-corrected chi connectivity index (χ3v) is 5.84. The second kappa shape index (κ2) is 6.65. The molecule has 4 aliphatic rings. The zero-order valence-electron chi connectivity index (χ0n) is 14.1. The van der Waals surface area contributed by atoms with Gasteiger partial charge in [-0.15, -0.1) is 24.0 Å². The third kappa shape index (κ3) is 2.84. The quantitative estimate of drug-likeness (QED) is 0.223. The minimum atomic E-state index is -0.0951. The number of rotatable bonds is 4. The summed E-state index contributed by atoms with van der Waals surface area (Å²) in [6, 6.07) is 0.498. The van der Waals surface area contributed by atoms with Crippen molar-refractivity contribution in [2.24, 2.45) is 34.6 Å². The number of nitrogens with one attached hydrogen (secondary N) is 2. The SMILES string of the molecule is CN=C(NCCN1C(=O)C2C3C=CC(C3)C2C1=O)NC1CC1C.I. The first-order valence-electron chi connectivity index (χ1n) is 8.61. The van der Waals surface area contributed by atoms with Gasteiger partial charge in [-0.05, 0) is 30.6 Å². The number of hydrogen-bond acceptors (Lipinski definition) is 3. The number of halogens is 1. The number of imide groups is 1. The molecule has 6 atom stereocenters. The molecule has 6 unspecified atom stereocenters. The van der Waals surface area contributed by atoms with Crippen molar-refractivity contribution in [2.75, 3.05) is 20.1 Å². The summed E-state index contributed by atoms with van der Waals surface area (Å²) >= 11 is 0. The Hall–Kier alpha value is -1.12. The average molecular weight is 444 g/mol. The molecule has 2 saturated carbocycles. The fraction of sp³-hybridized carbons (Fsp3) is 0.706. The first-order valence-corrected chi connectivity index (χ1v) is 8.61. The summed E-state index contributed by atoms with van der Waals surface area (Å²) in [5, 5.41) is 6.55. The Kier molecular flexibility index (Phi) is 4.90. The van der Waals surface area contributed by atoms with Crippen LogP contribution >= 0.6 is 24.0 Å². The van der Waals surface area contributed by atoms with Gasteiger partial charge < -0.3 is 10.6 Å². The molecule has 132 valence electrons. The second-order valence-electron chi connectivity index (χ2n) is 7.29. The van der Waals surface area contributed by atoms with Crippen LogP contribution in [0.1, 0.15) is 19.8 Å². The molecule has 0 spiro atoms. The van der Waals surface area contributed by atoms with Crippen molar-refractivity contribution in [3.05, 3.63) is 12.2 Å². The summed E-state index contributed by atoms with van der Waals surface area (Å²) < 4.78 is 0. The van der Waals surface area contributed by atoms with Gasteiger partial charge in [-0.3, -0.25) is 19.5 Å². The molecule has 2 N–H and O–H groups in total. The molecule has 3 fully saturated rings. The van der Waals surface area contributed by atoms with Crippen LogP contribution < -0.4 is 10.6 Å². The van der Waals surface area contributed by atoms with Crippen LogP contribution in [0.4, 0.5) is 0 Å². The molecule has 1 saturated heterocycles. The number of fused-ring (bicyclic) bond motifs is 5. The van der Waals surface area contributed by atoms with Crippen molar-refractivity contribution in [3.8, 4) is 0 Å². The Morgan fingerprint density at radius 3 is 2.29 bits per heavy atom. The lowest BCUT2D eigenvalue weighted by Crippen LogP contribution is -2.44. The van der Waals surface area contributed by atoms with E-state index in [2.05, 4.69) is 34.7 Å². The van der Waals surface area contributed by atoms with Crippen molar-refractivity contribution in [1.29, 1.82) is 0 Å². The number of aliphatic imine (C=N–C) groups is 1. The van der Waals surface area contributed by atoms with E-state index < -0.39 is 0 Å². The molecule has 4 rings (SSSR count). The summed E-state index contributed by atoms with van der Waals surface area (Å²) in [6.07, 6.45) is 6.40. The highest BCUT2D eigenvalue weighted by molar-refractivity contribution is 14.0. The van der Waals surface area contributed by atoms with Gasteiger partial charge in [0.2, 0.25) is 11.8 Å². The van der Waals surface area contributed by atoms with Gasteiger partial charge in [-0.2, -0.15) is 0 Å². The van der Waals surface area contributed by atoms with Crippen LogP contribution in [0.25, 0.3) is 0 Å². The van der Waals surface area contributed by atoms with Gasteiger partial charge in [0.1, 0.15) is 0 Å². The van der Waals surface area contributed by atoms with Gasteiger partial charge in [-0.1, -0.05) is 19.1 Å². The van der Waals surface area contributed by atoms with Gasteiger partial charge in [0, 0.05) is 26.2 Å². The summed E-state index contributed by atoms with van der Waals surface area (Å²) in [7, 11) is 1.74. The number of amides is 2. The molecular formula is C17H25IN4O2. The van der Waals surface area contributed by atoms with Crippen molar-refractivity contribution >= 4 is 41.8 Å². The van der Waals surface area contributed by atoms with Crippen LogP contribution in [0.15, 0.2) is 17.1 Å². The average Bonchev–Trinajstić information content (AvgIpc) is 2.93. The van der Waals surface area contributed by atoms with E-state index in [1.54, 1.807) is 7.05 Å². The standard InChI is InChI=1S/C17H24N4O2.HI/c1-9-7-12(9)20-17(18-2)19-5-6-21-15(22)13-10-3-4-11(8-10)14(13)16(21)23;/h3-4,9-14H,5-8H2,1-2H3,(H2,18,19,20);1H. The maximum atomic E-state index is 12.6. The fourth-order valence-corrected chi connectivity index (χ4v) is 4.36. The van der Waals surface area contributed by atoms with Crippen LogP contribution in [0.5, 0.6) is 0 Å². The minimum absolute atomic E-state index is 0. The zero-order valence-corrected chi connectivity index (χ0v) is 16.4. The Balaban J connectivity index is 0.00000169. The van der Waals surface area contributed by atoms with Crippen LogP contribution in [0, 0.1) is 29.6 Å². The molecule has 2 amide bonds. The van der Waals surface area contributed by atoms with E-state index in [1.807, 2.05) is 0 Å². The Bertz CT molecular complexity index is 575. The first kappa shape index (κ1) is 17.7. The first-order chi connectivity index (χ1) is 11.1. The molecule has 24 heavy (non-hydrogen) atoms. The maximum Gasteiger partial charge on any atom is 0.233 e. The van der Waals surface area contributed by atoms with Crippen molar-refractivity contribution in [2.45, 2.75) is 25.8 Å². The van der Waals surface area contributed by atoms with E-state index in [-0.39, 0.29) is 59.5 Å². The topological polar surface area (TPSA) is 73.8 Å². The molecule has 0 aromatic heterocycles. The molecule has 1 heterocycles. The lowest BCUT2D eigenvalue weighted by Gasteiger charge is -2.18. The van der Waals surface area contributed by atoms with E-state index in [0.29, 0.717) is 25.0 Å².